The molecule has 28 heavy (non-hydrogen) atoms. The molecular formula is C18H17Cl2FN4O3. The average molecular weight is 427 g/mol. The monoisotopic (exact) mass is 426 g/mol. The van der Waals surface area contributed by atoms with Crippen molar-refractivity contribution < 1.29 is 18.8 Å². The van der Waals surface area contributed by atoms with Crippen molar-refractivity contribution in [2.24, 2.45) is 0 Å². The molecule has 0 radical (unpaired) electrons. The molecule has 0 saturated carbocycles. The van der Waals surface area contributed by atoms with Crippen LogP contribution in [-0.2, 0) is 4.79 Å². The van der Waals surface area contributed by atoms with Crippen LogP contribution in [0.5, 0.6) is 0 Å². The summed E-state index contributed by atoms with van der Waals surface area (Å²) in [6.07, 6.45) is 0. The van der Waals surface area contributed by atoms with E-state index in [1.54, 1.807) is 0 Å². The first-order valence-electron chi connectivity index (χ1n) is 8.11. The number of anilines is 2. The van der Waals surface area contributed by atoms with E-state index >= 15 is 0 Å². The molecule has 7 nitrogen and oxygen atoms in total. The number of hydrogen-bond donors (Lipinski definition) is 4. The standard InChI is InChI=1S/C18H17Cl2FN4O3/c1-10(26)24-12-3-5-15(21)16(9-12)25-18(28)23-7-6-22-17(27)11-2-4-13(19)14(20)8-11/h2-5,8-9H,6-7H2,1H3,(H,22,27)(H,24,26)(H2,23,25,28). The van der Waals surface area contributed by atoms with E-state index in [2.05, 4.69) is 21.3 Å². The highest BCUT2D eigenvalue weighted by Gasteiger charge is 2.10. The van der Waals surface area contributed by atoms with Crippen LogP contribution in [0.1, 0.15) is 17.3 Å². The Bertz CT molecular complexity index is 908. The van der Waals surface area contributed by atoms with Crippen molar-refractivity contribution in [2.75, 3.05) is 23.7 Å². The Morgan fingerprint density at radius 3 is 2.32 bits per heavy atom. The van der Waals surface area contributed by atoms with Gasteiger partial charge >= 0.3 is 6.03 Å². The Balaban J connectivity index is 1.80. The number of carbonyl (C=O) groups excluding carboxylic acids is 3. The maximum Gasteiger partial charge on any atom is 0.319 e. The number of benzene rings is 2. The van der Waals surface area contributed by atoms with Gasteiger partial charge in [-0.3, -0.25) is 9.59 Å². The van der Waals surface area contributed by atoms with Crippen molar-refractivity contribution in [3.63, 3.8) is 0 Å². The molecule has 0 aliphatic carbocycles. The lowest BCUT2D eigenvalue weighted by atomic mass is 10.2. The zero-order chi connectivity index (χ0) is 20.7. The maximum atomic E-state index is 13.8. The predicted molar refractivity (Wildman–Crippen MR) is 107 cm³/mol. The summed E-state index contributed by atoms with van der Waals surface area (Å²) < 4.78 is 13.8. The Morgan fingerprint density at radius 2 is 1.64 bits per heavy atom. The molecule has 0 aliphatic heterocycles. The fraction of sp³-hybridized carbons (Fsp3) is 0.167. The fourth-order valence-corrected chi connectivity index (χ4v) is 2.46. The molecule has 0 saturated heterocycles. The fourth-order valence-electron chi connectivity index (χ4n) is 2.16. The van der Waals surface area contributed by atoms with E-state index in [0.29, 0.717) is 16.3 Å². The third-order valence-corrected chi connectivity index (χ3v) is 4.15. The summed E-state index contributed by atoms with van der Waals surface area (Å²) in [5.41, 5.74) is 0.581. The quantitative estimate of drug-likeness (QED) is 0.530. The van der Waals surface area contributed by atoms with Crippen molar-refractivity contribution in [3.05, 3.63) is 57.8 Å². The van der Waals surface area contributed by atoms with Crippen molar-refractivity contribution in [1.82, 2.24) is 10.6 Å². The Morgan fingerprint density at radius 1 is 0.929 bits per heavy atom. The Labute approximate surface area is 170 Å². The lowest BCUT2D eigenvalue weighted by Crippen LogP contribution is -2.37. The normalized spacial score (nSPS) is 10.1. The molecule has 148 valence electrons. The van der Waals surface area contributed by atoms with Crippen molar-refractivity contribution in [1.29, 1.82) is 0 Å². The number of amides is 4. The van der Waals surface area contributed by atoms with E-state index in [1.807, 2.05) is 0 Å². The summed E-state index contributed by atoms with van der Waals surface area (Å²) >= 11 is 11.7. The summed E-state index contributed by atoms with van der Waals surface area (Å²) in [4.78, 5) is 34.9. The smallest absolute Gasteiger partial charge is 0.319 e. The number of halogens is 3. The highest BCUT2D eigenvalue weighted by atomic mass is 35.5. The largest absolute Gasteiger partial charge is 0.350 e. The van der Waals surface area contributed by atoms with Crippen LogP contribution in [0.15, 0.2) is 36.4 Å². The van der Waals surface area contributed by atoms with E-state index < -0.39 is 11.8 Å². The molecule has 0 bridgehead atoms. The number of urea groups is 1. The lowest BCUT2D eigenvalue weighted by Gasteiger charge is -2.11. The first-order chi connectivity index (χ1) is 13.3. The number of rotatable bonds is 6. The second-order valence-electron chi connectivity index (χ2n) is 5.64. The minimum Gasteiger partial charge on any atom is -0.350 e. The summed E-state index contributed by atoms with van der Waals surface area (Å²) in [6, 6.07) is 7.59. The zero-order valence-corrected chi connectivity index (χ0v) is 16.2. The molecule has 2 aromatic carbocycles. The van der Waals surface area contributed by atoms with Gasteiger partial charge in [0.1, 0.15) is 5.82 Å². The van der Waals surface area contributed by atoms with E-state index in [0.717, 1.165) is 6.07 Å². The van der Waals surface area contributed by atoms with Gasteiger partial charge in [0, 0.05) is 31.3 Å². The van der Waals surface area contributed by atoms with Crippen molar-refractivity contribution in [2.45, 2.75) is 6.92 Å². The first-order valence-corrected chi connectivity index (χ1v) is 8.87. The molecule has 0 aromatic heterocycles. The second kappa shape index (κ2) is 9.91. The van der Waals surface area contributed by atoms with E-state index in [1.165, 1.54) is 37.3 Å². The van der Waals surface area contributed by atoms with Gasteiger partial charge in [-0.1, -0.05) is 23.2 Å². The molecule has 0 spiro atoms. The average Bonchev–Trinajstić information content (AvgIpc) is 2.63. The molecule has 0 atom stereocenters. The van der Waals surface area contributed by atoms with Crippen LogP contribution < -0.4 is 21.3 Å². The van der Waals surface area contributed by atoms with Gasteiger partial charge in [-0.25, -0.2) is 9.18 Å². The van der Waals surface area contributed by atoms with Crippen LogP contribution in [0.25, 0.3) is 0 Å². The van der Waals surface area contributed by atoms with Crippen molar-refractivity contribution >= 4 is 52.4 Å². The number of nitrogens with one attached hydrogen (secondary N) is 4. The van der Waals surface area contributed by atoms with Gasteiger partial charge in [-0.05, 0) is 36.4 Å². The van der Waals surface area contributed by atoms with Crippen LogP contribution in [0, 0.1) is 5.82 Å². The maximum absolute atomic E-state index is 13.8. The van der Waals surface area contributed by atoms with Crippen LogP contribution in [0.3, 0.4) is 0 Å². The van der Waals surface area contributed by atoms with Crippen molar-refractivity contribution in [3.8, 4) is 0 Å². The topological polar surface area (TPSA) is 99.3 Å². The third kappa shape index (κ3) is 6.40. The molecule has 4 amide bonds. The highest BCUT2D eigenvalue weighted by Crippen LogP contribution is 2.22. The minimum atomic E-state index is -0.664. The van der Waals surface area contributed by atoms with Crippen LogP contribution in [0.4, 0.5) is 20.6 Å². The molecule has 0 aliphatic rings. The zero-order valence-electron chi connectivity index (χ0n) is 14.7. The molecule has 0 heterocycles. The third-order valence-electron chi connectivity index (χ3n) is 3.41. The number of carbonyl (C=O) groups is 3. The Hall–Kier alpha value is -2.84. The van der Waals surface area contributed by atoms with Gasteiger partial charge in [0.25, 0.3) is 5.91 Å². The minimum absolute atomic E-state index is 0.0939. The van der Waals surface area contributed by atoms with Gasteiger partial charge in [-0.2, -0.15) is 0 Å². The van der Waals surface area contributed by atoms with Gasteiger partial charge in [0.2, 0.25) is 5.91 Å². The summed E-state index contributed by atoms with van der Waals surface area (Å²) in [5, 5.41) is 10.5. The molecule has 0 unspecified atom stereocenters. The molecule has 0 fully saturated rings. The second-order valence-corrected chi connectivity index (χ2v) is 6.46. The number of hydrogen-bond acceptors (Lipinski definition) is 3. The molecular weight excluding hydrogens is 410 g/mol. The van der Waals surface area contributed by atoms with Crippen LogP contribution in [-0.4, -0.2) is 30.9 Å². The van der Waals surface area contributed by atoms with Gasteiger partial charge in [0.15, 0.2) is 0 Å². The molecule has 10 heteroatoms. The van der Waals surface area contributed by atoms with E-state index in [4.69, 9.17) is 23.2 Å². The highest BCUT2D eigenvalue weighted by molar-refractivity contribution is 6.42. The van der Waals surface area contributed by atoms with Gasteiger partial charge in [-0.15, -0.1) is 0 Å². The summed E-state index contributed by atoms with van der Waals surface area (Å²) in [5.74, 6) is -1.35. The predicted octanol–water partition coefficient (Wildman–Crippen LogP) is 3.64. The van der Waals surface area contributed by atoms with Crippen LogP contribution >= 0.6 is 23.2 Å². The van der Waals surface area contributed by atoms with Crippen LogP contribution in [0.2, 0.25) is 10.0 Å². The SMILES string of the molecule is CC(=O)Nc1ccc(F)c(NC(=O)NCCNC(=O)c2ccc(Cl)c(Cl)c2)c1. The summed E-state index contributed by atoms with van der Waals surface area (Å²) in [7, 11) is 0. The van der Waals surface area contributed by atoms with E-state index in [-0.39, 0.29) is 35.6 Å². The first kappa shape index (κ1) is 21.5. The Kier molecular flexibility index (Phi) is 7.60. The lowest BCUT2D eigenvalue weighted by molar-refractivity contribution is -0.114. The molecule has 4 N–H and O–H groups in total. The van der Waals surface area contributed by atoms with Gasteiger partial charge < -0.3 is 21.3 Å². The van der Waals surface area contributed by atoms with Gasteiger partial charge in [0.05, 0.1) is 15.7 Å². The van der Waals surface area contributed by atoms with E-state index in [9.17, 15) is 18.8 Å². The molecule has 2 aromatic rings. The molecule has 2 rings (SSSR count). The summed E-state index contributed by atoms with van der Waals surface area (Å²) in [6.45, 7) is 1.56.